The van der Waals surface area contributed by atoms with Crippen LogP contribution in [0.4, 0.5) is 0 Å². The van der Waals surface area contributed by atoms with Gasteiger partial charge in [-0.2, -0.15) is 0 Å². The molecule has 0 heteroatoms. The van der Waals surface area contributed by atoms with Gasteiger partial charge in [-0.15, -0.1) is 0 Å². The Balaban J connectivity index is 1.84. The molecule has 0 aromatic heterocycles. The van der Waals surface area contributed by atoms with Crippen LogP contribution < -0.4 is 0 Å². The molecule has 2 unspecified atom stereocenters. The lowest BCUT2D eigenvalue weighted by Gasteiger charge is -2.41. The monoisotopic (exact) mass is 278 g/mol. The Morgan fingerprint density at radius 1 is 0.905 bits per heavy atom. The van der Waals surface area contributed by atoms with Crippen molar-refractivity contribution in [3.05, 3.63) is 71.8 Å². The molecule has 0 spiro atoms. The molecule has 0 N–H and O–H groups in total. The van der Waals surface area contributed by atoms with Crippen molar-refractivity contribution in [1.29, 1.82) is 0 Å². The minimum Gasteiger partial charge on any atom is -0.0622 e. The van der Waals surface area contributed by atoms with Gasteiger partial charge in [0.05, 0.1) is 0 Å². The maximum absolute atomic E-state index is 2.44. The van der Waals surface area contributed by atoms with Gasteiger partial charge in [0.25, 0.3) is 0 Å². The highest BCUT2D eigenvalue weighted by molar-refractivity contribution is 5.23. The van der Waals surface area contributed by atoms with Crippen molar-refractivity contribution >= 4 is 0 Å². The van der Waals surface area contributed by atoms with Crippen LogP contribution in [0.2, 0.25) is 0 Å². The van der Waals surface area contributed by atoms with E-state index in [0.717, 1.165) is 11.8 Å². The molecule has 1 aliphatic carbocycles. The normalized spacial score (nSPS) is 24.7. The molecule has 110 valence electrons. The first-order valence-electron chi connectivity index (χ1n) is 8.23. The Hall–Kier alpha value is -1.56. The van der Waals surface area contributed by atoms with E-state index in [9.17, 15) is 0 Å². The maximum Gasteiger partial charge on any atom is -0.0130 e. The Bertz CT molecular complexity index is 553. The predicted molar refractivity (Wildman–Crippen MR) is 90.5 cm³/mol. The third-order valence-electron chi connectivity index (χ3n) is 5.08. The minimum atomic E-state index is 0.491. The SMILES string of the molecule is CC1(C)CCC(c2ccccc2)C(Cc2ccccc2)C1. The fourth-order valence-corrected chi connectivity index (χ4v) is 4.01. The molecule has 0 amide bonds. The molecular formula is C21H26. The lowest BCUT2D eigenvalue weighted by molar-refractivity contribution is 0.155. The molecule has 2 aromatic carbocycles. The smallest absolute Gasteiger partial charge is 0.0130 e. The van der Waals surface area contributed by atoms with Crippen LogP contribution in [0.25, 0.3) is 0 Å². The molecule has 0 heterocycles. The predicted octanol–water partition coefficient (Wildman–Crippen LogP) is 5.84. The van der Waals surface area contributed by atoms with Gasteiger partial charge < -0.3 is 0 Å². The van der Waals surface area contributed by atoms with Gasteiger partial charge in [0.15, 0.2) is 0 Å². The first kappa shape index (κ1) is 14.4. The molecular weight excluding hydrogens is 252 g/mol. The summed E-state index contributed by atoms with van der Waals surface area (Å²) in [5, 5.41) is 0. The highest BCUT2D eigenvalue weighted by Crippen LogP contribution is 2.47. The van der Waals surface area contributed by atoms with Gasteiger partial charge in [-0.05, 0) is 54.1 Å². The third-order valence-corrected chi connectivity index (χ3v) is 5.08. The van der Waals surface area contributed by atoms with Crippen molar-refractivity contribution in [3.63, 3.8) is 0 Å². The van der Waals surface area contributed by atoms with Gasteiger partial charge in [-0.25, -0.2) is 0 Å². The van der Waals surface area contributed by atoms with Crippen LogP contribution in [0.15, 0.2) is 60.7 Å². The maximum atomic E-state index is 2.44. The zero-order valence-electron chi connectivity index (χ0n) is 13.3. The van der Waals surface area contributed by atoms with Crippen molar-refractivity contribution in [2.24, 2.45) is 11.3 Å². The standard InChI is InChI=1S/C21H26/c1-21(2)14-13-20(18-11-7-4-8-12-18)19(16-21)15-17-9-5-3-6-10-17/h3-12,19-20H,13-16H2,1-2H3. The molecule has 0 saturated heterocycles. The van der Waals surface area contributed by atoms with Crippen LogP contribution >= 0.6 is 0 Å². The lowest BCUT2D eigenvalue weighted by atomic mass is 9.64. The van der Waals surface area contributed by atoms with E-state index in [4.69, 9.17) is 0 Å². The molecule has 0 aliphatic heterocycles. The molecule has 0 nitrogen and oxygen atoms in total. The first-order chi connectivity index (χ1) is 10.1. The average Bonchev–Trinajstić information content (AvgIpc) is 2.48. The minimum absolute atomic E-state index is 0.491. The van der Waals surface area contributed by atoms with E-state index in [2.05, 4.69) is 74.5 Å². The molecule has 1 fully saturated rings. The van der Waals surface area contributed by atoms with Crippen molar-refractivity contribution in [1.82, 2.24) is 0 Å². The number of hydrogen-bond donors (Lipinski definition) is 0. The fraction of sp³-hybridized carbons (Fsp3) is 0.429. The summed E-state index contributed by atoms with van der Waals surface area (Å²) in [7, 11) is 0. The van der Waals surface area contributed by atoms with Gasteiger partial charge in [0.2, 0.25) is 0 Å². The van der Waals surface area contributed by atoms with E-state index in [0.29, 0.717) is 5.41 Å². The molecule has 1 saturated carbocycles. The van der Waals surface area contributed by atoms with E-state index < -0.39 is 0 Å². The zero-order chi connectivity index (χ0) is 14.7. The van der Waals surface area contributed by atoms with Crippen LogP contribution in [-0.4, -0.2) is 0 Å². The Morgan fingerprint density at radius 3 is 2.19 bits per heavy atom. The molecule has 2 aromatic rings. The summed E-state index contributed by atoms with van der Waals surface area (Å²) in [6, 6.07) is 22.2. The number of benzene rings is 2. The van der Waals surface area contributed by atoms with Gasteiger partial charge in [-0.1, -0.05) is 74.5 Å². The summed E-state index contributed by atoms with van der Waals surface area (Å²) in [5.41, 5.74) is 3.51. The van der Waals surface area contributed by atoms with Gasteiger partial charge >= 0.3 is 0 Å². The van der Waals surface area contributed by atoms with E-state index in [1.165, 1.54) is 36.8 Å². The fourth-order valence-electron chi connectivity index (χ4n) is 4.01. The highest BCUT2D eigenvalue weighted by atomic mass is 14.4. The topological polar surface area (TPSA) is 0 Å². The average molecular weight is 278 g/mol. The van der Waals surface area contributed by atoms with Crippen LogP contribution in [-0.2, 0) is 6.42 Å². The molecule has 21 heavy (non-hydrogen) atoms. The molecule has 2 atom stereocenters. The number of hydrogen-bond acceptors (Lipinski definition) is 0. The second-order valence-corrected chi connectivity index (χ2v) is 7.37. The van der Waals surface area contributed by atoms with E-state index >= 15 is 0 Å². The second kappa shape index (κ2) is 6.05. The van der Waals surface area contributed by atoms with E-state index in [-0.39, 0.29) is 0 Å². The van der Waals surface area contributed by atoms with Crippen LogP contribution in [0.1, 0.15) is 50.2 Å². The quantitative estimate of drug-likeness (QED) is 0.661. The van der Waals surface area contributed by atoms with Crippen LogP contribution in [0, 0.1) is 11.3 Å². The number of rotatable bonds is 3. The molecule has 0 bridgehead atoms. The van der Waals surface area contributed by atoms with Crippen LogP contribution in [0.5, 0.6) is 0 Å². The Morgan fingerprint density at radius 2 is 1.52 bits per heavy atom. The summed E-state index contributed by atoms with van der Waals surface area (Å²) >= 11 is 0. The van der Waals surface area contributed by atoms with E-state index in [1.54, 1.807) is 0 Å². The summed E-state index contributed by atoms with van der Waals surface area (Å²) in [4.78, 5) is 0. The third kappa shape index (κ3) is 3.56. The summed E-state index contributed by atoms with van der Waals surface area (Å²) < 4.78 is 0. The van der Waals surface area contributed by atoms with Crippen LogP contribution in [0.3, 0.4) is 0 Å². The Labute approximate surface area is 129 Å². The van der Waals surface area contributed by atoms with E-state index in [1.807, 2.05) is 0 Å². The van der Waals surface area contributed by atoms with Gasteiger partial charge in [0.1, 0.15) is 0 Å². The van der Waals surface area contributed by atoms with Gasteiger partial charge in [0, 0.05) is 0 Å². The lowest BCUT2D eigenvalue weighted by Crippen LogP contribution is -2.30. The second-order valence-electron chi connectivity index (χ2n) is 7.37. The summed E-state index contributed by atoms with van der Waals surface area (Å²) in [6.45, 7) is 4.87. The molecule has 0 radical (unpaired) electrons. The van der Waals surface area contributed by atoms with Crippen molar-refractivity contribution in [2.75, 3.05) is 0 Å². The Kier molecular flexibility index (Phi) is 4.14. The van der Waals surface area contributed by atoms with Crippen molar-refractivity contribution in [3.8, 4) is 0 Å². The zero-order valence-corrected chi connectivity index (χ0v) is 13.3. The first-order valence-corrected chi connectivity index (χ1v) is 8.23. The summed E-state index contributed by atoms with van der Waals surface area (Å²) in [6.07, 6.45) is 5.22. The summed E-state index contributed by atoms with van der Waals surface area (Å²) in [5.74, 6) is 1.48. The molecule has 1 aliphatic rings. The van der Waals surface area contributed by atoms with Crippen molar-refractivity contribution < 1.29 is 0 Å². The largest absolute Gasteiger partial charge is 0.0622 e. The highest BCUT2D eigenvalue weighted by Gasteiger charge is 2.35. The van der Waals surface area contributed by atoms with Gasteiger partial charge in [-0.3, -0.25) is 0 Å². The van der Waals surface area contributed by atoms with Crippen molar-refractivity contribution in [2.45, 2.75) is 45.4 Å². The molecule has 3 rings (SSSR count).